The van der Waals surface area contributed by atoms with Gasteiger partial charge in [0.05, 0.1) is 10.3 Å². The van der Waals surface area contributed by atoms with Crippen LogP contribution < -0.4 is 5.73 Å². The average Bonchev–Trinajstić information content (AvgIpc) is 2.29. The highest BCUT2D eigenvalue weighted by molar-refractivity contribution is 8.02. The molecule has 2 atom stereocenters. The molecule has 3 nitrogen and oxygen atoms in total. The summed E-state index contributed by atoms with van der Waals surface area (Å²) >= 11 is 0. The molecular formula is C14H18F2N2OS. The van der Waals surface area contributed by atoms with Crippen LogP contribution in [0.4, 0.5) is 8.78 Å². The molecule has 0 aromatic heterocycles. The molecule has 1 aromatic carbocycles. The van der Waals surface area contributed by atoms with Gasteiger partial charge in [0.2, 0.25) is 0 Å². The Morgan fingerprint density at radius 1 is 1.35 bits per heavy atom. The lowest BCUT2D eigenvalue weighted by Gasteiger charge is -2.41. The van der Waals surface area contributed by atoms with Gasteiger partial charge in [-0.05, 0) is 42.2 Å². The van der Waals surface area contributed by atoms with Gasteiger partial charge in [-0.15, -0.1) is 0 Å². The molecule has 0 saturated carbocycles. The second kappa shape index (κ2) is 4.28. The summed E-state index contributed by atoms with van der Waals surface area (Å²) in [5, 5.41) is 0. The molecular weight excluding hydrogens is 282 g/mol. The van der Waals surface area contributed by atoms with Crippen LogP contribution in [0.3, 0.4) is 0 Å². The Hall–Kier alpha value is -1.43. The summed E-state index contributed by atoms with van der Waals surface area (Å²) in [4.78, 5) is 4.30. The van der Waals surface area contributed by atoms with E-state index < -0.39 is 31.4 Å². The lowest BCUT2D eigenvalue weighted by molar-refractivity contribution is 0.452. The minimum atomic E-state index is -2.64. The van der Waals surface area contributed by atoms with Crippen molar-refractivity contribution in [3.05, 3.63) is 35.4 Å². The number of aliphatic imine (C=N–C) groups is 1. The molecule has 0 aliphatic carbocycles. The third-order valence-corrected chi connectivity index (χ3v) is 7.06. The molecule has 0 amide bonds. The molecule has 1 aliphatic heterocycles. The molecule has 1 aromatic rings. The first-order valence-corrected chi connectivity index (χ1v) is 8.06. The van der Waals surface area contributed by atoms with Gasteiger partial charge in [0, 0.05) is 11.3 Å². The number of nitrogens with zero attached hydrogens (tertiary/aromatic N) is 1. The van der Waals surface area contributed by atoms with E-state index in [-0.39, 0.29) is 17.2 Å². The summed E-state index contributed by atoms with van der Waals surface area (Å²) in [6, 6.07) is 3.86. The van der Waals surface area contributed by atoms with Crippen LogP contribution in [-0.4, -0.2) is 26.4 Å². The third-order valence-electron chi connectivity index (χ3n) is 3.96. The molecule has 0 saturated heterocycles. The lowest BCUT2D eigenvalue weighted by atomic mass is 9.93. The molecule has 0 radical (unpaired) electrons. The van der Waals surface area contributed by atoms with Gasteiger partial charge in [-0.2, -0.15) is 0 Å². The van der Waals surface area contributed by atoms with Crippen molar-refractivity contribution >= 4 is 21.2 Å². The van der Waals surface area contributed by atoms with Crippen LogP contribution in [0.5, 0.6) is 0 Å². The topological polar surface area (TPSA) is 55.5 Å². The maximum Gasteiger partial charge on any atom is 0.164 e. The zero-order chi connectivity index (χ0) is 15.3. The molecule has 1 aliphatic rings. The number of hydrogen-bond donors (Lipinski definition) is 1. The minimum Gasteiger partial charge on any atom is -0.386 e. The van der Waals surface area contributed by atoms with Gasteiger partial charge >= 0.3 is 0 Å². The number of hydrogen-bond acceptors (Lipinski definition) is 3. The predicted molar refractivity (Wildman–Crippen MR) is 79.5 cm³/mol. The average molecular weight is 300 g/mol. The van der Waals surface area contributed by atoms with Crippen LogP contribution in [0.25, 0.3) is 0 Å². The van der Waals surface area contributed by atoms with Crippen LogP contribution in [0.2, 0.25) is 0 Å². The molecule has 1 unspecified atom stereocenters. The standard InChI is InChI=1S/C14H18F2N2OS/c1-13(2)12(17)18-14(3,8-20(13,4)19)9-6-5-7-10(15)11(9)16/h5-7H,4,8H2,1-3H3,(H2,17,18)/t14-,20?/m0/s1. The number of amidine groups is 1. The summed E-state index contributed by atoms with van der Waals surface area (Å²) in [7, 11) is -2.64. The van der Waals surface area contributed by atoms with Crippen LogP contribution in [0.15, 0.2) is 23.2 Å². The summed E-state index contributed by atoms with van der Waals surface area (Å²) in [5.74, 6) is 1.98. The number of nitrogens with two attached hydrogens (primary N) is 1. The van der Waals surface area contributed by atoms with Crippen LogP contribution >= 0.6 is 0 Å². The predicted octanol–water partition coefficient (Wildman–Crippen LogP) is 2.05. The van der Waals surface area contributed by atoms with E-state index in [0.29, 0.717) is 0 Å². The molecule has 1 heterocycles. The summed E-state index contributed by atoms with van der Waals surface area (Å²) < 4.78 is 39.3. The van der Waals surface area contributed by atoms with Crippen molar-refractivity contribution in [2.75, 3.05) is 5.75 Å². The van der Waals surface area contributed by atoms with E-state index in [1.54, 1.807) is 20.8 Å². The van der Waals surface area contributed by atoms with E-state index in [0.717, 1.165) is 6.07 Å². The first-order valence-electron chi connectivity index (χ1n) is 6.16. The van der Waals surface area contributed by atoms with Crippen molar-refractivity contribution in [2.45, 2.75) is 31.1 Å². The highest BCUT2D eigenvalue weighted by Gasteiger charge is 2.45. The van der Waals surface area contributed by atoms with Gasteiger partial charge in [0.1, 0.15) is 5.84 Å². The first kappa shape index (κ1) is 15.0. The first-order chi connectivity index (χ1) is 9.01. The SMILES string of the molecule is C=S1(=O)C[C@@](C)(c2cccc(F)c2F)N=C(N)C1(C)C. The number of benzene rings is 1. The van der Waals surface area contributed by atoms with Gasteiger partial charge in [-0.3, -0.25) is 9.20 Å². The van der Waals surface area contributed by atoms with E-state index in [9.17, 15) is 13.0 Å². The fraction of sp³-hybridized carbons (Fsp3) is 0.429. The Bertz CT molecular complexity index is 695. The normalized spacial score (nSPS) is 32.8. The third kappa shape index (κ3) is 2.02. The van der Waals surface area contributed by atoms with Crippen LogP contribution in [0, 0.1) is 11.6 Å². The Kier molecular flexibility index (Phi) is 3.20. The Morgan fingerprint density at radius 2 is 1.95 bits per heavy atom. The fourth-order valence-electron chi connectivity index (χ4n) is 2.32. The van der Waals surface area contributed by atoms with E-state index in [2.05, 4.69) is 10.9 Å². The molecule has 0 fully saturated rings. The second-order valence-corrected chi connectivity index (χ2v) is 8.77. The van der Waals surface area contributed by atoms with E-state index in [4.69, 9.17) is 5.73 Å². The van der Waals surface area contributed by atoms with E-state index >= 15 is 0 Å². The Balaban J connectivity index is 2.69. The molecule has 6 heteroatoms. The van der Waals surface area contributed by atoms with E-state index in [1.807, 2.05) is 0 Å². The Labute approximate surface area is 117 Å². The van der Waals surface area contributed by atoms with Gasteiger partial charge in [0.15, 0.2) is 11.6 Å². The van der Waals surface area contributed by atoms with Crippen molar-refractivity contribution < 1.29 is 13.0 Å². The zero-order valence-electron chi connectivity index (χ0n) is 11.7. The van der Waals surface area contributed by atoms with Crippen LogP contribution in [0.1, 0.15) is 26.3 Å². The molecule has 0 bridgehead atoms. The quantitative estimate of drug-likeness (QED) is 0.807. The summed E-state index contributed by atoms with van der Waals surface area (Å²) in [6.45, 7) is 4.99. The highest BCUT2D eigenvalue weighted by atomic mass is 32.2. The van der Waals surface area contributed by atoms with Crippen molar-refractivity contribution in [1.29, 1.82) is 0 Å². The van der Waals surface area contributed by atoms with Gasteiger partial charge in [-0.25, -0.2) is 8.78 Å². The van der Waals surface area contributed by atoms with Crippen molar-refractivity contribution in [3.63, 3.8) is 0 Å². The molecule has 110 valence electrons. The fourth-order valence-corrected chi connectivity index (χ4v) is 4.23. The number of halogens is 2. The van der Waals surface area contributed by atoms with Gasteiger partial charge in [0.25, 0.3) is 0 Å². The highest BCUT2D eigenvalue weighted by Crippen LogP contribution is 2.37. The van der Waals surface area contributed by atoms with Gasteiger partial charge < -0.3 is 5.73 Å². The molecule has 2 N–H and O–H groups in total. The number of rotatable bonds is 1. The summed E-state index contributed by atoms with van der Waals surface area (Å²) in [6.07, 6.45) is 0. The molecule has 0 spiro atoms. The summed E-state index contributed by atoms with van der Waals surface area (Å²) in [5.41, 5.74) is 4.78. The largest absolute Gasteiger partial charge is 0.386 e. The molecule has 2 rings (SSSR count). The second-order valence-electron chi connectivity index (χ2n) is 5.84. The minimum absolute atomic E-state index is 0.0219. The van der Waals surface area contributed by atoms with Crippen LogP contribution in [-0.2, 0) is 15.1 Å². The van der Waals surface area contributed by atoms with Gasteiger partial charge in [-0.1, -0.05) is 12.1 Å². The van der Waals surface area contributed by atoms with Crippen molar-refractivity contribution in [2.24, 2.45) is 10.7 Å². The maximum absolute atomic E-state index is 14.0. The monoisotopic (exact) mass is 300 g/mol. The van der Waals surface area contributed by atoms with Crippen molar-refractivity contribution in [1.82, 2.24) is 0 Å². The smallest absolute Gasteiger partial charge is 0.164 e. The Morgan fingerprint density at radius 3 is 2.50 bits per heavy atom. The van der Waals surface area contributed by atoms with E-state index in [1.165, 1.54) is 12.1 Å². The van der Waals surface area contributed by atoms with Crippen molar-refractivity contribution in [3.8, 4) is 0 Å². The lowest BCUT2D eigenvalue weighted by Crippen LogP contribution is -2.54. The zero-order valence-corrected chi connectivity index (χ0v) is 12.6. The maximum atomic E-state index is 14.0. The molecule has 20 heavy (non-hydrogen) atoms.